The summed E-state index contributed by atoms with van der Waals surface area (Å²) in [7, 11) is 1.54. The zero-order chi connectivity index (χ0) is 14.7. The summed E-state index contributed by atoms with van der Waals surface area (Å²) in [6.45, 7) is 1.76. The first-order valence-corrected chi connectivity index (χ1v) is 6.93. The van der Waals surface area contributed by atoms with Gasteiger partial charge < -0.3 is 15.4 Å². The van der Waals surface area contributed by atoms with Gasteiger partial charge in [0.15, 0.2) is 0 Å². The Balaban J connectivity index is 1.99. The van der Waals surface area contributed by atoms with E-state index in [0.29, 0.717) is 17.5 Å². The number of nitrogens with zero attached hydrogens (tertiary/aromatic N) is 2. The lowest BCUT2D eigenvalue weighted by Gasteiger charge is -2.14. The van der Waals surface area contributed by atoms with E-state index in [0.717, 1.165) is 37.2 Å². The maximum absolute atomic E-state index is 13.3. The second kappa shape index (κ2) is 6.05. The predicted octanol–water partition coefficient (Wildman–Crippen LogP) is 2.06. The van der Waals surface area contributed by atoms with Gasteiger partial charge in [0.05, 0.1) is 12.8 Å². The molecule has 0 unspecified atom stereocenters. The summed E-state index contributed by atoms with van der Waals surface area (Å²) in [4.78, 5) is 8.80. The Morgan fingerprint density at radius 2 is 2.10 bits per heavy atom. The molecule has 0 saturated heterocycles. The molecule has 0 spiro atoms. The smallest absolute Gasteiger partial charge is 0.318 e. The molecule has 3 rings (SSSR count). The van der Waals surface area contributed by atoms with Crippen LogP contribution in [0.3, 0.4) is 0 Å². The number of fused-ring (bicyclic) bond motifs is 1. The molecule has 0 amide bonds. The Bertz CT molecular complexity index is 648. The lowest BCUT2D eigenvalue weighted by molar-refractivity contribution is 0.378. The molecule has 5 nitrogen and oxygen atoms in total. The number of aromatic nitrogens is 2. The van der Waals surface area contributed by atoms with E-state index in [2.05, 4.69) is 20.6 Å². The highest BCUT2D eigenvalue weighted by molar-refractivity contribution is 5.60. The fraction of sp³-hybridized carbons (Fsp3) is 0.333. The largest absolute Gasteiger partial charge is 0.467 e. The number of nitrogens with one attached hydrogen (secondary N) is 2. The maximum atomic E-state index is 13.3. The van der Waals surface area contributed by atoms with Gasteiger partial charge in [-0.15, -0.1) is 0 Å². The van der Waals surface area contributed by atoms with E-state index < -0.39 is 0 Å². The second-order valence-corrected chi connectivity index (χ2v) is 4.87. The van der Waals surface area contributed by atoms with Gasteiger partial charge in [-0.25, -0.2) is 4.39 Å². The normalized spacial score (nSPS) is 14.2. The standard InChI is InChI=1S/C15H17FN4O/c1-21-15-19-13-6-8-17-7-5-12(13)14(20-15)18-11-4-2-3-10(16)9-11/h2-4,9,17H,5-8H2,1H3,(H,18,19,20). The fourth-order valence-corrected chi connectivity index (χ4v) is 2.42. The summed E-state index contributed by atoms with van der Waals surface area (Å²) in [6.07, 6.45) is 1.66. The van der Waals surface area contributed by atoms with Crippen molar-refractivity contribution in [1.82, 2.24) is 15.3 Å². The van der Waals surface area contributed by atoms with Crippen LogP contribution in [0.1, 0.15) is 11.3 Å². The third-order valence-electron chi connectivity index (χ3n) is 3.43. The highest BCUT2D eigenvalue weighted by atomic mass is 19.1. The van der Waals surface area contributed by atoms with Crippen molar-refractivity contribution in [2.24, 2.45) is 0 Å². The van der Waals surface area contributed by atoms with Crippen molar-refractivity contribution in [2.75, 3.05) is 25.5 Å². The molecule has 6 heteroatoms. The molecule has 0 atom stereocenters. The fourth-order valence-electron chi connectivity index (χ4n) is 2.42. The van der Waals surface area contributed by atoms with E-state index in [9.17, 15) is 4.39 Å². The summed E-state index contributed by atoms with van der Waals surface area (Å²) in [5.41, 5.74) is 2.70. The lowest BCUT2D eigenvalue weighted by Crippen LogP contribution is -2.16. The van der Waals surface area contributed by atoms with Gasteiger partial charge in [-0.2, -0.15) is 9.97 Å². The highest BCUT2D eigenvalue weighted by Crippen LogP contribution is 2.25. The number of ether oxygens (including phenoxy) is 1. The molecule has 0 radical (unpaired) electrons. The summed E-state index contributed by atoms with van der Waals surface area (Å²) in [5.74, 6) is 0.403. The number of rotatable bonds is 3. The molecule has 1 aliphatic heterocycles. The SMILES string of the molecule is COc1nc2c(c(Nc3cccc(F)c3)n1)CCNCC2. The van der Waals surface area contributed by atoms with E-state index in [1.165, 1.54) is 12.1 Å². The van der Waals surface area contributed by atoms with Crippen LogP contribution in [0.15, 0.2) is 24.3 Å². The number of hydrogen-bond acceptors (Lipinski definition) is 5. The Morgan fingerprint density at radius 1 is 1.24 bits per heavy atom. The van der Waals surface area contributed by atoms with E-state index in [1.54, 1.807) is 19.2 Å². The highest BCUT2D eigenvalue weighted by Gasteiger charge is 2.17. The van der Waals surface area contributed by atoms with E-state index in [4.69, 9.17) is 4.74 Å². The van der Waals surface area contributed by atoms with Gasteiger partial charge in [-0.3, -0.25) is 0 Å². The molecule has 0 bridgehead atoms. The first kappa shape index (κ1) is 13.8. The molecule has 2 aromatic rings. The average molecular weight is 288 g/mol. The minimum absolute atomic E-state index is 0.284. The minimum atomic E-state index is -0.284. The third kappa shape index (κ3) is 3.11. The topological polar surface area (TPSA) is 59.1 Å². The average Bonchev–Trinajstić information content (AvgIpc) is 2.72. The van der Waals surface area contributed by atoms with E-state index in [-0.39, 0.29) is 5.82 Å². The van der Waals surface area contributed by atoms with Crippen LogP contribution >= 0.6 is 0 Å². The van der Waals surface area contributed by atoms with Crippen molar-refractivity contribution in [1.29, 1.82) is 0 Å². The van der Waals surface area contributed by atoms with Crippen molar-refractivity contribution in [3.8, 4) is 6.01 Å². The molecule has 1 aromatic heterocycles. The van der Waals surface area contributed by atoms with Gasteiger partial charge in [0.25, 0.3) is 0 Å². The number of anilines is 2. The number of methoxy groups -OCH3 is 1. The van der Waals surface area contributed by atoms with E-state index in [1.807, 2.05) is 0 Å². The van der Waals surface area contributed by atoms with Crippen LogP contribution in [0.4, 0.5) is 15.9 Å². The zero-order valence-corrected chi connectivity index (χ0v) is 11.8. The van der Waals surface area contributed by atoms with Crippen LogP contribution in [0, 0.1) is 5.82 Å². The minimum Gasteiger partial charge on any atom is -0.467 e. The first-order chi connectivity index (χ1) is 10.3. The zero-order valence-electron chi connectivity index (χ0n) is 11.8. The van der Waals surface area contributed by atoms with Crippen LogP contribution < -0.4 is 15.4 Å². The molecule has 21 heavy (non-hydrogen) atoms. The van der Waals surface area contributed by atoms with Gasteiger partial charge in [-0.05, 0) is 31.2 Å². The number of hydrogen-bond donors (Lipinski definition) is 2. The third-order valence-corrected chi connectivity index (χ3v) is 3.43. The lowest BCUT2D eigenvalue weighted by atomic mass is 10.1. The molecule has 2 heterocycles. The summed E-state index contributed by atoms with van der Waals surface area (Å²) < 4.78 is 18.5. The molecule has 0 saturated carbocycles. The van der Waals surface area contributed by atoms with Gasteiger partial charge in [0.1, 0.15) is 11.6 Å². The van der Waals surface area contributed by atoms with Crippen molar-refractivity contribution in [2.45, 2.75) is 12.8 Å². The Hall–Kier alpha value is -2.21. The van der Waals surface area contributed by atoms with Crippen LogP contribution in [-0.2, 0) is 12.8 Å². The van der Waals surface area contributed by atoms with Crippen molar-refractivity contribution in [3.05, 3.63) is 41.3 Å². The summed E-state index contributed by atoms with van der Waals surface area (Å²) >= 11 is 0. The van der Waals surface area contributed by atoms with Gasteiger partial charge in [0.2, 0.25) is 0 Å². The molecular formula is C15H17FN4O. The van der Waals surface area contributed by atoms with Crippen molar-refractivity contribution in [3.63, 3.8) is 0 Å². The molecule has 0 fully saturated rings. The van der Waals surface area contributed by atoms with E-state index >= 15 is 0 Å². The van der Waals surface area contributed by atoms with Crippen molar-refractivity contribution < 1.29 is 9.13 Å². The van der Waals surface area contributed by atoms with Crippen LogP contribution in [0.5, 0.6) is 6.01 Å². The molecule has 110 valence electrons. The van der Waals surface area contributed by atoms with Crippen LogP contribution in [-0.4, -0.2) is 30.2 Å². The van der Waals surface area contributed by atoms with Gasteiger partial charge in [-0.1, -0.05) is 6.07 Å². The molecular weight excluding hydrogens is 271 g/mol. The van der Waals surface area contributed by atoms with Crippen molar-refractivity contribution >= 4 is 11.5 Å². The van der Waals surface area contributed by atoms with Crippen LogP contribution in [0.2, 0.25) is 0 Å². The predicted molar refractivity (Wildman–Crippen MR) is 78.5 cm³/mol. The summed E-state index contributed by atoms with van der Waals surface area (Å²) in [5, 5.41) is 6.51. The first-order valence-electron chi connectivity index (χ1n) is 6.93. The number of benzene rings is 1. The summed E-state index contributed by atoms with van der Waals surface area (Å²) in [6, 6.07) is 6.65. The van der Waals surface area contributed by atoms with Crippen LogP contribution in [0.25, 0.3) is 0 Å². The number of halogens is 1. The Labute approximate surface area is 122 Å². The quantitative estimate of drug-likeness (QED) is 0.905. The molecule has 1 aromatic carbocycles. The van der Waals surface area contributed by atoms with Gasteiger partial charge >= 0.3 is 6.01 Å². The Morgan fingerprint density at radius 3 is 2.90 bits per heavy atom. The maximum Gasteiger partial charge on any atom is 0.318 e. The molecule has 0 aliphatic carbocycles. The van der Waals surface area contributed by atoms with Gasteiger partial charge in [0, 0.05) is 24.2 Å². The monoisotopic (exact) mass is 288 g/mol. The molecule has 2 N–H and O–H groups in total. The Kier molecular flexibility index (Phi) is 3.96. The second-order valence-electron chi connectivity index (χ2n) is 4.87. The molecule has 1 aliphatic rings.